The van der Waals surface area contributed by atoms with Crippen molar-refractivity contribution in [1.29, 1.82) is 5.26 Å². The highest BCUT2D eigenvalue weighted by Crippen LogP contribution is 2.32. The van der Waals surface area contributed by atoms with Gasteiger partial charge >= 0.3 is 0 Å². The Balaban J connectivity index is 1.67. The molecule has 5 heteroatoms. The zero-order chi connectivity index (χ0) is 16.5. The van der Waals surface area contributed by atoms with Gasteiger partial charge in [-0.25, -0.2) is 4.98 Å². The van der Waals surface area contributed by atoms with Gasteiger partial charge in [0.1, 0.15) is 5.82 Å². The van der Waals surface area contributed by atoms with Gasteiger partial charge in [-0.3, -0.25) is 4.79 Å². The van der Waals surface area contributed by atoms with Gasteiger partial charge in [-0.2, -0.15) is 5.26 Å². The van der Waals surface area contributed by atoms with E-state index in [9.17, 15) is 4.79 Å². The molecule has 1 fully saturated rings. The van der Waals surface area contributed by atoms with Crippen molar-refractivity contribution in [1.82, 2.24) is 14.9 Å². The third kappa shape index (κ3) is 2.42. The summed E-state index contributed by atoms with van der Waals surface area (Å²) in [4.78, 5) is 22.7. The number of hydrogen-bond acceptors (Lipinski definition) is 3. The summed E-state index contributed by atoms with van der Waals surface area (Å²) >= 11 is 0. The summed E-state index contributed by atoms with van der Waals surface area (Å²) < 4.78 is 0. The van der Waals surface area contributed by atoms with E-state index in [1.165, 1.54) is 0 Å². The second-order valence-corrected chi connectivity index (χ2v) is 5.99. The molecule has 1 aliphatic rings. The van der Waals surface area contributed by atoms with Gasteiger partial charge in [0.15, 0.2) is 0 Å². The molecule has 0 aliphatic carbocycles. The highest BCUT2D eigenvalue weighted by atomic mass is 16.2. The van der Waals surface area contributed by atoms with Crippen LogP contribution in [0.3, 0.4) is 0 Å². The summed E-state index contributed by atoms with van der Waals surface area (Å²) in [5, 5.41) is 9.03. The van der Waals surface area contributed by atoms with Crippen LogP contribution in [0.5, 0.6) is 0 Å². The lowest BCUT2D eigenvalue weighted by Crippen LogP contribution is -2.31. The number of amides is 1. The van der Waals surface area contributed by atoms with Crippen LogP contribution in [0.15, 0.2) is 48.5 Å². The predicted molar refractivity (Wildman–Crippen MR) is 90.3 cm³/mol. The lowest BCUT2D eigenvalue weighted by Gasteiger charge is -2.23. The van der Waals surface area contributed by atoms with Gasteiger partial charge in [-0.05, 0) is 43.2 Å². The molecule has 1 aromatic heterocycles. The molecule has 1 N–H and O–H groups in total. The molecule has 5 nitrogen and oxygen atoms in total. The maximum Gasteiger partial charge on any atom is 0.254 e. The topological polar surface area (TPSA) is 72.8 Å². The van der Waals surface area contributed by atoms with E-state index in [2.05, 4.69) is 16.0 Å². The molecule has 2 aromatic carbocycles. The molecule has 0 radical (unpaired) electrons. The molecule has 2 heterocycles. The summed E-state index contributed by atoms with van der Waals surface area (Å²) in [6.45, 7) is 0.706. The molecule has 0 saturated carbocycles. The van der Waals surface area contributed by atoms with E-state index in [1.54, 1.807) is 24.3 Å². The fourth-order valence-corrected chi connectivity index (χ4v) is 3.31. The average molecular weight is 316 g/mol. The number of aromatic amines is 1. The summed E-state index contributed by atoms with van der Waals surface area (Å²) in [5.41, 5.74) is 2.95. The van der Waals surface area contributed by atoms with Crippen LogP contribution in [0.2, 0.25) is 0 Å². The molecule has 1 unspecified atom stereocenters. The predicted octanol–water partition coefficient (Wildman–Crippen LogP) is 3.41. The lowest BCUT2D eigenvalue weighted by molar-refractivity contribution is 0.0730. The Bertz CT molecular complexity index is 920. The summed E-state index contributed by atoms with van der Waals surface area (Å²) in [6.07, 6.45) is 1.84. The Morgan fingerprint density at radius 3 is 2.96 bits per heavy atom. The minimum Gasteiger partial charge on any atom is -0.340 e. The first-order chi connectivity index (χ1) is 11.8. The smallest absolute Gasteiger partial charge is 0.254 e. The highest BCUT2D eigenvalue weighted by molar-refractivity contribution is 5.95. The van der Waals surface area contributed by atoms with Crippen molar-refractivity contribution in [3.05, 3.63) is 65.5 Å². The Morgan fingerprint density at radius 1 is 1.25 bits per heavy atom. The monoisotopic (exact) mass is 316 g/mol. The van der Waals surface area contributed by atoms with Gasteiger partial charge < -0.3 is 9.88 Å². The Labute approximate surface area is 139 Å². The van der Waals surface area contributed by atoms with E-state index in [-0.39, 0.29) is 11.9 Å². The van der Waals surface area contributed by atoms with Gasteiger partial charge in [-0.15, -0.1) is 0 Å². The highest BCUT2D eigenvalue weighted by Gasteiger charge is 2.32. The van der Waals surface area contributed by atoms with E-state index in [0.717, 1.165) is 29.7 Å². The number of rotatable bonds is 2. The number of imidazole rings is 1. The Hall–Kier alpha value is -3.13. The SMILES string of the molecule is N#Cc1cccc(C(=O)N2CCCC2c2nc3ccccc3[nH]2)c1. The molecule has 118 valence electrons. The number of aromatic nitrogens is 2. The van der Waals surface area contributed by atoms with Crippen LogP contribution in [0.4, 0.5) is 0 Å². The van der Waals surface area contributed by atoms with Crippen LogP contribution in [0.1, 0.15) is 40.6 Å². The maximum atomic E-state index is 12.9. The van der Waals surface area contributed by atoms with Crippen molar-refractivity contribution in [2.45, 2.75) is 18.9 Å². The number of nitriles is 1. The van der Waals surface area contributed by atoms with Crippen molar-refractivity contribution in [3.63, 3.8) is 0 Å². The normalized spacial score (nSPS) is 17.1. The van der Waals surface area contributed by atoms with Crippen LogP contribution >= 0.6 is 0 Å². The van der Waals surface area contributed by atoms with Crippen molar-refractivity contribution in [3.8, 4) is 6.07 Å². The second kappa shape index (κ2) is 5.82. The Morgan fingerprint density at radius 2 is 2.12 bits per heavy atom. The fourth-order valence-electron chi connectivity index (χ4n) is 3.31. The lowest BCUT2D eigenvalue weighted by atomic mass is 10.1. The summed E-state index contributed by atoms with van der Waals surface area (Å²) in [6, 6.07) is 16.8. The van der Waals surface area contributed by atoms with Crippen LogP contribution in [-0.2, 0) is 0 Å². The number of H-pyrrole nitrogens is 1. The summed E-state index contributed by atoms with van der Waals surface area (Å²) in [7, 11) is 0. The minimum atomic E-state index is -0.0462. The molecule has 1 amide bonds. The molecule has 24 heavy (non-hydrogen) atoms. The van der Waals surface area contributed by atoms with Gasteiger partial charge in [0.05, 0.1) is 28.7 Å². The molecule has 1 atom stereocenters. The van der Waals surface area contributed by atoms with E-state index < -0.39 is 0 Å². The number of carbonyl (C=O) groups is 1. The molecular weight excluding hydrogens is 300 g/mol. The molecule has 3 aromatic rings. The van der Waals surface area contributed by atoms with Crippen LogP contribution in [0.25, 0.3) is 11.0 Å². The first-order valence-corrected chi connectivity index (χ1v) is 8.02. The molecular formula is C19H16N4O. The number of benzene rings is 2. The van der Waals surface area contributed by atoms with Crippen LogP contribution < -0.4 is 0 Å². The van der Waals surface area contributed by atoms with Gasteiger partial charge in [-0.1, -0.05) is 18.2 Å². The van der Waals surface area contributed by atoms with Crippen molar-refractivity contribution in [2.24, 2.45) is 0 Å². The first-order valence-electron chi connectivity index (χ1n) is 8.02. The number of para-hydroxylation sites is 2. The number of likely N-dealkylation sites (tertiary alicyclic amines) is 1. The van der Waals surface area contributed by atoms with Crippen LogP contribution in [0, 0.1) is 11.3 Å². The number of fused-ring (bicyclic) bond motifs is 1. The maximum absolute atomic E-state index is 12.9. The second-order valence-electron chi connectivity index (χ2n) is 5.99. The minimum absolute atomic E-state index is 0.0457. The van der Waals surface area contributed by atoms with Gasteiger partial charge in [0, 0.05) is 12.1 Å². The third-order valence-electron chi connectivity index (χ3n) is 4.48. The zero-order valence-corrected chi connectivity index (χ0v) is 13.1. The zero-order valence-electron chi connectivity index (χ0n) is 13.1. The van der Waals surface area contributed by atoms with E-state index in [0.29, 0.717) is 17.7 Å². The molecule has 0 bridgehead atoms. The van der Waals surface area contributed by atoms with E-state index >= 15 is 0 Å². The average Bonchev–Trinajstić information content (AvgIpc) is 3.27. The quantitative estimate of drug-likeness (QED) is 0.787. The van der Waals surface area contributed by atoms with E-state index in [4.69, 9.17) is 5.26 Å². The molecule has 1 saturated heterocycles. The Kier molecular flexibility index (Phi) is 3.51. The van der Waals surface area contributed by atoms with Gasteiger partial charge in [0.25, 0.3) is 5.91 Å². The fraction of sp³-hybridized carbons (Fsp3) is 0.211. The number of carbonyl (C=O) groups excluding carboxylic acids is 1. The van der Waals surface area contributed by atoms with Gasteiger partial charge in [0.2, 0.25) is 0 Å². The van der Waals surface area contributed by atoms with Crippen molar-refractivity contribution < 1.29 is 4.79 Å². The number of nitrogens with zero attached hydrogens (tertiary/aromatic N) is 3. The summed E-state index contributed by atoms with van der Waals surface area (Å²) in [5.74, 6) is 0.786. The molecule has 1 aliphatic heterocycles. The van der Waals surface area contributed by atoms with Crippen molar-refractivity contribution >= 4 is 16.9 Å². The van der Waals surface area contributed by atoms with Crippen LogP contribution in [-0.4, -0.2) is 27.3 Å². The standard InChI is InChI=1S/C19H16N4O/c20-12-13-5-3-6-14(11-13)19(24)23-10-4-9-17(23)18-21-15-7-1-2-8-16(15)22-18/h1-3,5-8,11,17H,4,9-10H2,(H,21,22). The van der Waals surface area contributed by atoms with Crippen molar-refractivity contribution in [2.75, 3.05) is 6.54 Å². The third-order valence-corrected chi connectivity index (χ3v) is 4.48. The number of hydrogen-bond donors (Lipinski definition) is 1. The number of nitrogens with one attached hydrogen (secondary N) is 1. The molecule has 0 spiro atoms. The largest absolute Gasteiger partial charge is 0.340 e. The molecule has 4 rings (SSSR count). The van der Waals surface area contributed by atoms with E-state index in [1.807, 2.05) is 29.2 Å². The first kappa shape index (κ1) is 14.5.